The average Bonchev–Trinajstić information content (AvgIpc) is 2.76. The monoisotopic (exact) mass is 329 g/mol. The second kappa shape index (κ2) is 6.52. The highest BCUT2D eigenvalue weighted by Crippen LogP contribution is 2.35. The number of hydrogen-bond acceptors (Lipinski definition) is 2. The van der Waals surface area contributed by atoms with Crippen molar-refractivity contribution < 1.29 is 9.59 Å². The number of Topliss-reactive ketones (excluding diaryl/α,β-unsaturated/α-hetero) is 1. The molecule has 0 saturated carbocycles. The Morgan fingerprint density at radius 3 is 2.52 bits per heavy atom. The Morgan fingerprint density at radius 1 is 0.920 bits per heavy atom. The van der Waals surface area contributed by atoms with Crippen molar-refractivity contribution in [2.45, 2.75) is 18.9 Å². The molecule has 1 unspecified atom stereocenters. The normalized spacial score (nSPS) is 20.1. The second-order valence-electron chi connectivity index (χ2n) is 6.48. The van der Waals surface area contributed by atoms with Gasteiger partial charge in [0.05, 0.1) is 12.5 Å². The Balaban J connectivity index is 1.63. The third-order valence-corrected chi connectivity index (χ3v) is 4.87. The van der Waals surface area contributed by atoms with Crippen LogP contribution < -0.4 is 0 Å². The number of carbonyl (C=O) groups excluding carboxylic acids is 2. The Bertz CT molecular complexity index is 880. The second-order valence-corrected chi connectivity index (χ2v) is 6.48. The van der Waals surface area contributed by atoms with E-state index in [9.17, 15) is 9.59 Å². The standard InChI is InChI=1S/C22H19NO2/c24-21-14-22(25)23-15-17(11-10-16-6-2-1-3-7-16)12-13-20(23)18-8-4-5-9-19(18)21/h1-12,20H,13-15H2/b11-10+. The summed E-state index contributed by atoms with van der Waals surface area (Å²) in [6, 6.07) is 17.7. The molecule has 1 atom stereocenters. The SMILES string of the molecule is O=C1CC(=O)N2CC(/C=C/c3ccccc3)=CCC2c2ccccc21. The van der Waals surface area contributed by atoms with Gasteiger partial charge in [0.15, 0.2) is 5.78 Å². The number of carbonyl (C=O) groups is 2. The first kappa shape index (κ1) is 15.6. The van der Waals surface area contributed by atoms with Gasteiger partial charge in [-0.2, -0.15) is 0 Å². The molecule has 0 radical (unpaired) electrons. The molecule has 0 spiro atoms. The zero-order chi connectivity index (χ0) is 17.2. The van der Waals surface area contributed by atoms with E-state index in [0.29, 0.717) is 12.1 Å². The molecule has 2 aromatic rings. The van der Waals surface area contributed by atoms with E-state index in [4.69, 9.17) is 0 Å². The predicted molar refractivity (Wildman–Crippen MR) is 98.0 cm³/mol. The summed E-state index contributed by atoms with van der Waals surface area (Å²) in [6.45, 7) is 0.550. The van der Waals surface area contributed by atoms with Crippen molar-refractivity contribution in [3.8, 4) is 0 Å². The van der Waals surface area contributed by atoms with Crippen molar-refractivity contribution in [3.05, 3.63) is 89.0 Å². The molecule has 0 aliphatic carbocycles. The van der Waals surface area contributed by atoms with E-state index in [-0.39, 0.29) is 24.2 Å². The fourth-order valence-electron chi connectivity index (χ4n) is 3.58. The molecule has 0 saturated heterocycles. The van der Waals surface area contributed by atoms with Crippen LogP contribution in [0.5, 0.6) is 0 Å². The van der Waals surface area contributed by atoms with E-state index < -0.39 is 0 Å². The number of ketones is 1. The lowest BCUT2D eigenvalue weighted by molar-refractivity contribution is -0.132. The lowest BCUT2D eigenvalue weighted by Crippen LogP contribution is -2.37. The van der Waals surface area contributed by atoms with Crippen molar-refractivity contribution in [1.82, 2.24) is 4.90 Å². The van der Waals surface area contributed by atoms with Gasteiger partial charge in [0.2, 0.25) is 5.91 Å². The number of nitrogens with zero attached hydrogens (tertiary/aromatic N) is 1. The molecule has 2 aromatic carbocycles. The van der Waals surface area contributed by atoms with Crippen molar-refractivity contribution in [2.24, 2.45) is 0 Å². The van der Waals surface area contributed by atoms with Gasteiger partial charge < -0.3 is 4.90 Å². The maximum Gasteiger partial charge on any atom is 0.231 e. The van der Waals surface area contributed by atoms with E-state index in [0.717, 1.165) is 23.1 Å². The topological polar surface area (TPSA) is 37.4 Å². The minimum atomic E-state index is -0.0788. The minimum absolute atomic E-state index is 0.0379. The first-order valence-corrected chi connectivity index (χ1v) is 8.56. The predicted octanol–water partition coefficient (Wildman–Crippen LogP) is 4.19. The fourth-order valence-corrected chi connectivity index (χ4v) is 3.58. The van der Waals surface area contributed by atoms with Crippen LogP contribution in [0.25, 0.3) is 6.08 Å². The van der Waals surface area contributed by atoms with Crippen molar-refractivity contribution in [3.63, 3.8) is 0 Å². The highest BCUT2D eigenvalue weighted by molar-refractivity contribution is 6.09. The summed E-state index contributed by atoms with van der Waals surface area (Å²) >= 11 is 0. The highest BCUT2D eigenvalue weighted by atomic mass is 16.2. The van der Waals surface area contributed by atoms with Crippen LogP contribution in [-0.4, -0.2) is 23.1 Å². The van der Waals surface area contributed by atoms with Crippen LogP contribution in [0.15, 0.2) is 72.3 Å². The van der Waals surface area contributed by atoms with Crippen LogP contribution in [0, 0.1) is 0 Å². The lowest BCUT2D eigenvalue weighted by atomic mass is 9.92. The molecule has 2 aliphatic rings. The smallest absolute Gasteiger partial charge is 0.231 e. The molecular formula is C22H19NO2. The van der Waals surface area contributed by atoms with Crippen molar-refractivity contribution >= 4 is 17.8 Å². The van der Waals surface area contributed by atoms with Crippen molar-refractivity contribution in [1.29, 1.82) is 0 Å². The quantitative estimate of drug-likeness (QED) is 0.775. The van der Waals surface area contributed by atoms with Crippen LogP contribution in [0.3, 0.4) is 0 Å². The summed E-state index contributed by atoms with van der Waals surface area (Å²) in [4.78, 5) is 26.8. The van der Waals surface area contributed by atoms with Gasteiger partial charge in [0, 0.05) is 12.1 Å². The van der Waals surface area contributed by atoms with Gasteiger partial charge in [-0.15, -0.1) is 0 Å². The Kier molecular flexibility index (Phi) is 4.06. The highest BCUT2D eigenvalue weighted by Gasteiger charge is 2.34. The number of fused-ring (bicyclic) bond motifs is 3. The molecule has 2 heterocycles. The Morgan fingerprint density at radius 2 is 1.68 bits per heavy atom. The van der Waals surface area contributed by atoms with Gasteiger partial charge in [-0.1, -0.05) is 72.8 Å². The maximum absolute atomic E-state index is 12.6. The summed E-state index contributed by atoms with van der Waals surface area (Å²) in [5, 5.41) is 0. The van der Waals surface area contributed by atoms with Gasteiger partial charge in [0.1, 0.15) is 0 Å². The fraction of sp³-hybridized carbons (Fsp3) is 0.182. The van der Waals surface area contributed by atoms with Gasteiger partial charge >= 0.3 is 0 Å². The average molecular weight is 329 g/mol. The molecule has 2 aliphatic heterocycles. The van der Waals surface area contributed by atoms with Crippen LogP contribution in [0.2, 0.25) is 0 Å². The molecule has 124 valence electrons. The largest absolute Gasteiger partial charge is 0.331 e. The van der Waals surface area contributed by atoms with E-state index >= 15 is 0 Å². The minimum Gasteiger partial charge on any atom is -0.331 e. The third-order valence-electron chi connectivity index (χ3n) is 4.87. The molecule has 0 fully saturated rings. The van der Waals surface area contributed by atoms with Gasteiger partial charge in [0.25, 0.3) is 0 Å². The summed E-state index contributed by atoms with van der Waals surface area (Å²) < 4.78 is 0. The molecule has 0 N–H and O–H groups in total. The molecule has 0 aromatic heterocycles. The number of amides is 1. The van der Waals surface area contributed by atoms with Crippen LogP contribution in [0.1, 0.15) is 40.4 Å². The zero-order valence-electron chi connectivity index (χ0n) is 13.9. The van der Waals surface area contributed by atoms with Gasteiger partial charge in [-0.3, -0.25) is 9.59 Å². The lowest BCUT2D eigenvalue weighted by Gasteiger charge is -2.34. The van der Waals surface area contributed by atoms with Crippen LogP contribution in [-0.2, 0) is 4.79 Å². The molecular weight excluding hydrogens is 310 g/mol. The van der Waals surface area contributed by atoms with Crippen molar-refractivity contribution in [2.75, 3.05) is 6.54 Å². The van der Waals surface area contributed by atoms with Gasteiger partial charge in [-0.25, -0.2) is 0 Å². The van der Waals surface area contributed by atoms with Gasteiger partial charge in [-0.05, 0) is 23.1 Å². The van der Waals surface area contributed by atoms with Crippen LogP contribution >= 0.6 is 0 Å². The summed E-state index contributed by atoms with van der Waals surface area (Å²) in [7, 11) is 0. The number of hydrogen-bond donors (Lipinski definition) is 0. The molecule has 25 heavy (non-hydrogen) atoms. The molecule has 3 heteroatoms. The van der Waals surface area contributed by atoms with Crippen LogP contribution in [0.4, 0.5) is 0 Å². The maximum atomic E-state index is 12.6. The summed E-state index contributed by atoms with van der Waals surface area (Å²) in [5.41, 5.74) is 3.91. The molecule has 1 amide bonds. The first-order chi connectivity index (χ1) is 12.2. The number of rotatable bonds is 2. The first-order valence-electron chi connectivity index (χ1n) is 8.56. The zero-order valence-corrected chi connectivity index (χ0v) is 13.9. The third kappa shape index (κ3) is 3.05. The summed E-state index contributed by atoms with van der Waals surface area (Å²) in [5.74, 6) is -0.152. The summed E-state index contributed by atoms with van der Waals surface area (Å²) in [6.07, 6.45) is 7.01. The molecule has 3 nitrogen and oxygen atoms in total. The molecule has 0 bridgehead atoms. The molecule has 4 rings (SSSR count). The number of benzene rings is 2. The van der Waals surface area contributed by atoms with E-state index in [1.54, 1.807) is 0 Å². The van der Waals surface area contributed by atoms with E-state index in [1.807, 2.05) is 47.4 Å². The van der Waals surface area contributed by atoms with E-state index in [2.05, 4.69) is 30.4 Å². The Hall–Kier alpha value is -2.94. The van der Waals surface area contributed by atoms with E-state index in [1.165, 1.54) is 0 Å². The Labute approximate surface area is 147 Å².